The van der Waals surface area contributed by atoms with Crippen LogP contribution in [0.3, 0.4) is 0 Å². The fraction of sp³-hybridized carbons (Fsp3) is 0.294. The zero-order valence-electron chi connectivity index (χ0n) is 14.8. The van der Waals surface area contributed by atoms with Gasteiger partial charge in [0.05, 0.1) is 22.4 Å². The number of nitrogens with zero attached hydrogens (tertiary/aromatic N) is 3. The van der Waals surface area contributed by atoms with E-state index in [2.05, 4.69) is 25.0 Å². The largest absolute Gasteiger partial charge is 0.452 e. The second-order valence-corrected chi connectivity index (χ2v) is 6.89. The third kappa shape index (κ3) is 4.56. The second-order valence-electron chi connectivity index (χ2n) is 6.45. The second kappa shape index (κ2) is 7.47. The highest BCUT2D eigenvalue weighted by molar-refractivity contribution is 6.30. The number of ether oxygens (including phenoxy) is 1. The van der Waals surface area contributed by atoms with Crippen LogP contribution in [0.15, 0.2) is 35.6 Å². The summed E-state index contributed by atoms with van der Waals surface area (Å²) in [5, 5.41) is 2.78. The van der Waals surface area contributed by atoms with Crippen LogP contribution in [0.2, 0.25) is 5.02 Å². The first kappa shape index (κ1) is 20.8. The number of amides is 1. The number of hydrogen-bond donors (Lipinski definition) is 2. The average molecular weight is 432 g/mol. The summed E-state index contributed by atoms with van der Waals surface area (Å²) in [6, 6.07) is 3.25. The molecule has 29 heavy (non-hydrogen) atoms. The molecule has 3 heterocycles. The molecule has 2 atom stereocenters. The normalized spacial score (nSPS) is 21.9. The van der Waals surface area contributed by atoms with Gasteiger partial charge in [-0.2, -0.15) is 17.6 Å². The molecule has 1 amide bonds. The van der Waals surface area contributed by atoms with E-state index in [1.807, 2.05) is 0 Å². The van der Waals surface area contributed by atoms with Crippen LogP contribution in [0, 0.1) is 5.95 Å². The molecule has 12 heteroatoms. The number of nitrogens with one attached hydrogen (secondary N) is 1. The Balaban J connectivity index is 1.91. The van der Waals surface area contributed by atoms with Crippen LogP contribution in [0.25, 0.3) is 0 Å². The van der Waals surface area contributed by atoms with Gasteiger partial charge in [0.15, 0.2) is 6.10 Å². The summed E-state index contributed by atoms with van der Waals surface area (Å²) >= 11 is 5.71. The Kier molecular flexibility index (Phi) is 5.35. The molecule has 0 unspecified atom stereocenters. The van der Waals surface area contributed by atoms with E-state index in [1.54, 1.807) is 0 Å². The maximum Gasteiger partial charge on any atom is 0.425 e. The van der Waals surface area contributed by atoms with E-state index in [9.17, 15) is 22.4 Å². The van der Waals surface area contributed by atoms with Crippen LogP contribution in [0.1, 0.15) is 29.4 Å². The summed E-state index contributed by atoms with van der Waals surface area (Å²) in [6.45, 7) is 1.27. The van der Waals surface area contributed by atoms with E-state index < -0.39 is 42.1 Å². The minimum atomic E-state index is -4.72. The lowest BCUT2D eigenvalue weighted by atomic mass is 9.86. The highest BCUT2D eigenvalue weighted by atomic mass is 35.5. The SMILES string of the molecule is C[C@]1(c2cc(NC(=O)c3ccc(Cl)cn3)cnc2F)C[C@@H](C(F)(F)F)OC(N)=N1. The first-order chi connectivity index (χ1) is 13.5. The van der Waals surface area contributed by atoms with Crippen LogP contribution in [-0.4, -0.2) is 34.2 Å². The summed E-state index contributed by atoms with van der Waals surface area (Å²) in [4.78, 5) is 23.5. The Morgan fingerprint density at radius 2 is 2.07 bits per heavy atom. The number of carbonyl (C=O) groups excluding carboxylic acids is 1. The van der Waals surface area contributed by atoms with Crippen LogP contribution < -0.4 is 11.1 Å². The maximum atomic E-state index is 14.4. The highest BCUT2D eigenvalue weighted by Crippen LogP contribution is 2.40. The van der Waals surface area contributed by atoms with Gasteiger partial charge in [0.25, 0.3) is 11.9 Å². The van der Waals surface area contributed by atoms with Gasteiger partial charge < -0.3 is 15.8 Å². The third-order valence-corrected chi connectivity index (χ3v) is 4.43. The number of halogens is 5. The van der Waals surface area contributed by atoms with Gasteiger partial charge in [0, 0.05) is 18.2 Å². The summed E-state index contributed by atoms with van der Waals surface area (Å²) < 4.78 is 58.3. The van der Waals surface area contributed by atoms with Crippen molar-refractivity contribution < 1.29 is 27.1 Å². The minimum Gasteiger partial charge on any atom is -0.452 e. The lowest BCUT2D eigenvalue weighted by Gasteiger charge is -2.35. The molecule has 0 saturated carbocycles. The number of nitrogens with two attached hydrogens (primary N) is 1. The molecule has 3 rings (SSSR count). The number of amidine groups is 1. The van der Waals surface area contributed by atoms with E-state index in [0.29, 0.717) is 5.02 Å². The van der Waals surface area contributed by atoms with Gasteiger partial charge in [0.1, 0.15) is 5.69 Å². The Hall–Kier alpha value is -2.95. The van der Waals surface area contributed by atoms with Crippen LogP contribution in [0.5, 0.6) is 0 Å². The Morgan fingerprint density at radius 1 is 1.34 bits per heavy atom. The maximum absolute atomic E-state index is 14.4. The lowest BCUT2D eigenvalue weighted by molar-refractivity contribution is -0.208. The molecule has 0 spiro atoms. The molecule has 0 saturated heterocycles. The topological polar surface area (TPSA) is 102 Å². The predicted molar refractivity (Wildman–Crippen MR) is 95.9 cm³/mol. The number of rotatable bonds is 3. The molecule has 0 radical (unpaired) electrons. The number of pyridine rings is 2. The zero-order chi connectivity index (χ0) is 21.4. The molecule has 154 valence electrons. The van der Waals surface area contributed by atoms with E-state index in [0.717, 1.165) is 12.3 Å². The number of carbonyl (C=O) groups is 1. The van der Waals surface area contributed by atoms with Gasteiger partial charge in [-0.05, 0) is 25.1 Å². The van der Waals surface area contributed by atoms with Crippen molar-refractivity contribution in [2.24, 2.45) is 10.7 Å². The minimum absolute atomic E-state index is 0.0250. The van der Waals surface area contributed by atoms with Crippen molar-refractivity contribution >= 4 is 29.2 Å². The van der Waals surface area contributed by atoms with Crippen molar-refractivity contribution in [2.75, 3.05) is 5.32 Å². The third-order valence-electron chi connectivity index (χ3n) is 4.21. The smallest absolute Gasteiger partial charge is 0.425 e. The first-order valence-corrected chi connectivity index (χ1v) is 8.53. The number of hydrogen-bond acceptors (Lipinski definition) is 6. The predicted octanol–water partition coefficient (Wildman–Crippen LogP) is 3.40. The van der Waals surface area contributed by atoms with Gasteiger partial charge in [-0.25, -0.2) is 15.0 Å². The average Bonchev–Trinajstić information content (AvgIpc) is 2.62. The number of aromatic nitrogens is 2. The molecule has 0 aliphatic carbocycles. The summed E-state index contributed by atoms with van der Waals surface area (Å²) in [6.07, 6.45) is -5.42. The van der Waals surface area contributed by atoms with E-state index in [4.69, 9.17) is 17.3 Å². The standard InChI is InChI=1S/C17H14ClF4N5O2/c1-16(5-12(17(20,21)22)29-15(23)27-16)10-4-9(7-25-13(10)19)26-14(28)11-3-2-8(18)6-24-11/h2-4,6-7,12H,5H2,1H3,(H2,23,27)(H,26,28)/t12-,16+/m0/s1. The summed E-state index contributed by atoms with van der Waals surface area (Å²) in [7, 11) is 0. The number of anilines is 1. The van der Waals surface area contributed by atoms with Gasteiger partial charge in [-0.1, -0.05) is 11.6 Å². The van der Waals surface area contributed by atoms with Crippen molar-refractivity contribution in [2.45, 2.75) is 31.2 Å². The Morgan fingerprint density at radius 3 is 2.69 bits per heavy atom. The molecule has 0 bridgehead atoms. The quantitative estimate of drug-likeness (QED) is 0.572. The summed E-state index contributed by atoms with van der Waals surface area (Å²) in [5.74, 6) is -1.69. The van der Waals surface area contributed by atoms with Crippen molar-refractivity contribution in [1.29, 1.82) is 0 Å². The monoisotopic (exact) mass is 431 g/mol. The Bertz CT molecular complexity index is 967. The molecule has 0 fully saturated rings. The molecule has 7 nitrogen and oxygen atoms in total. The van der Waals surface area contributed by atoms with Gasteiger partial charge in [-0.3, -0.25) is 4.79 Å². The summed E-state index contributed by atoms with van der Waals surface area (Å²) in [5.41, 5.74) is 3.46. The van der Waals surface area contributed by atoms with Crippen LogP contribution in [0.4, 0.5) is 23.2 Å². The van der Waals surface area contributed by atoms with Gasteiger partial charge >= 0.3 is 6.18 Å². The van der Waals surface area contributed by atoms with Crippen molar-refractivity contribution in [3.8, 4) is 0 Å². The van der Waals surface area contributed by atoms with Crippen LogP contribution in [-0.2, 0) is 10.3 Å². The Labute approximate surface area is 167 Å². The van der Waals surface area contributed by atoms with Crippen LogP contribution >= 0.6 is 11.6 Å². The molecule has 3 N–H and O–H groups in total. The van der Waals surface area contributed by atoms with Gasteiger partial charge in [-0.15, -0.1) is 0 Å². The highest BCUT2D eigenvalue weighted by Gasteiger charge is 2.50. The zero-order valence-corrected chi connectivity index (χ0v) is 15.6. The van der Waals surface area contributed by atoms with E-state index in [1.165, 1.54) is 25.3 Å². The fourth-order valence-corrected chi connectivity index (χ4v) is 2.93. The molecular formula is C17H14ClF4N5O2. The fourth-order valence-electron chi connectivity index (χ4n) is 2.82. The molecule has 2 aromatic heterocycles. The van der Waals surface area contributed by atoms with Crippen molar-refractivity contribution in [1.82, 2.24) is 9.97 Å². The van der Waals surface area contributed by atoms with E-state index in [-0.39, 0.29) is 16.9 Å². The number of aliphatic imine (C=N–C) groups is 1. The molecule has 0 aromatic carbocycles. The molecular weight excluding hydrogens is 418 g/mol. The van der Waals surface area contributed by atoms with E-state index >= 15 is 0 Å². The van der Waals surface area contributed by atoms with Gasteiger partial charge in [0.2, 0.25) is 5.95 Å². The molecule has 2 aromatic rings. The first-order valence-electron chi connectivity index (χ1n) is 8.15. The number of alkyl halides is 3. The molecule has 1 aliphatic heterocycles. The lowest BCUT2D eigenvalue weighted by Crippen LogP contribution is -2.46. The molecule has 1 aliphatic rings. The van der Waals surface area contributed by atoms with Crippen molar-refractivity contribution in [3.63, 3.8) is 0 Å². The van der Waals surface area contributed by atoms with Crippen molar-refractivity contribution in [3.05, 3.63) is 52.8 Å².